The molecule has 0 aliphatic carbocycles. The average molecular weight is 405 g/mol. The lowest BCUT2D eigenvalue weighted by molar-refractivity contribution is -0.137. The first-order chi connectivity index (χ1) is 14.4. The molecular formula is C24H27N3O3. The van der Waals surface area contributed by atoms with Crippen LogP contribution in [0.4, 0.5) is 0 Å². The molecule has 2 aromatic carbocycles. The molecule has 2 atom stereocenters. The van der Waals surface area contributed by atoms with Gasteiger partial charge in [0.1, 0.15) is 5.82 Å². The number of hydrogen-bond donors (Lipinski definition) is 0. The van der Waals surface area contributed by atoms with Crippen LogP contribution < -0.4 is 0 Å². The monoisotopic (exact) mass is 405 g/mol. The van der Waals surface area contributed by atoms with E-state index in [0.717, 1.165) is 42.1 Å². The molecule has 0 bridgehead atoms. The van der Waals surface area contributed by atoms with Crippen molar-refractivity contribution < 1.29 is 14.3 Å². The predicted molar refractivity (Wildman–Crippen MR) is 116 cm³/mol. The summed E-state index contributed by atoms with van der Waals surface area (Å²) >= 11 is 0. The van der Waals surface area contributed by atoms with Crippen molar-refractivity contribution in [3.8, 4) is 5.69 Å². The number of benzene rings is 2. The molecule has 1 aliphatic rings. The molecule has 6 nitrogen and oxygen atoms in total. The van der Waals surface area contributed by atoms with Crippen molar-refractivity contribution in [3.05, 3.63) is 59.9 Å². The highest BCUT2D eigenvalue weighted by Gasteiger charge is 2.26. The van der Waals surface area contributed by atoms with Crippen LogP contribution in [0.15, 0.2) is 48.5 Å². The first-order valence-electron chi connectivity index (χ1n) is 10.4. The van der Waals surface area contributed by atoms with Gasteiger partial charge in [-0.2, -0.15) is 0 Å². The zero-order valence-corrected chi connectivity index (χ0v) is 17.7. The molecular weight excluding hydrogens is 378 g/mol. The maximum absolute atomic E-state index is 12.5. The minimum atomic E-state index is -0.504. The van der Waals surface area contributed by atoms with Crippen molar-refractivity contribution in [3.63, 3.8) is 0 Å². The Morgan fingerprint density at radius 2 is 1.77 bits per heavy atom. The lowest BCUT2D eigenvalue weighted by atomic mass is 9.92. The number of aromatic nitrogens is 2. The van der Waals surface area contributed by atoms with Gasteiger partial charge in [-0.25, -0.2) is 9.78 Å². The first-order valence-corrected chi connectivity index (χ1v) is 10.4. The molecule has 1 aliphatic heterocycles. The average Bonchev–Trinajstić information content (AvgIpc) is 3.06. The van der Waals surface area contributed by atoms with E-state index in [2.05, 4.69) is 18.8 Å². The smallest absolute Gasteiger partial charge is 0.338 e. The van der Waals surface area contributed by atoms with Gasteiger partial charge in [0.15, 0.2) is 6.61 Å². The quantitative estimate of drug-likeness (QED) is 0.616. The van der Waals surface area contributed by atoms with Crippen molar-refractivity contribution in [2.45, 2.75) is 27.2 Å². The third-order valence-corrected chi connectivity index (χ3v) is 5.62. The number of imidazole rings is 1. The molecule has 1 amide bonds. The van der Waals surface area contributed by atoms with E-state index < -0.39 is 5.97 Å². The number of carbonyl (C=O) groups excluding carboxylic acids is 2. The van der Waals surface area contributed by atoms with Gasteiger partial charge in [0.2, 0.25) is 0 Å². The second-order valence-corrected chi connectivity index (χ2v) is 8.35. The molecule has 0 saturated carbocycles. The number of carbonyl (C=O) groups is 2. The van der Waals surface area contributed by atoms with Crippen LogP contribution in [0.1, 0.15) is 36.5 Å². The van der Waals surface area contributed by atoms with Crippen LogP contribution in [0.3, 0.4) is 0 Å². The molecule has 6 heteroatoms. The van der Waals surface area contributed by atoms with Crippen molar-refractivity contribution in [2.75, 3.05) is 19.7 Å². The number of fused-ring (bicyclic) bond motifs is 1. The zero-order chi connectivity index (χ0) is 21.3. The maximum atomic E-state index is 12.5. The molecule has 0 spiro atoms. The molecule has 30 heavy (non-hydrogen) atoms. The normalized spacial score (nSPS) is 19.1. The molecule has 0 N–H and O–H groups in total. The van der Waals surface area contributed by atoms with Crippen molar-refractivity contribution in [1.82, 2.24) is 14.5 Å². The molecule has 3 aromatic rings. The Hall–Kier alpha value is -3.15. The van der Waals surface area contributed by atoms with Crippen molar-refractivity contribution in [2.24, 2.45) is 11.8 Å². The summed E-state index contributed by atoms with van der Waals surface area (Å²) in [6.07, 6.45) is 1.12. The molecule has 0 unspecified atom stereocenters. The van der Waals surface area contributed by atoms with E-state index in [1.165, 1.54) is 0 Å². The topological polar surface area (TPSA) is 64.4 Å². The van der Waals surface area contributed by atoms with Crippen LogP contribution >= 0.6 is 0 Å². The van der Waals surface area contributed by atoms with E-state index >= 15 is 0 Å². The van der Waals surface area contributed by atoms with Gasteiger partial charge in [-0.05, 0) is 55.5 Å². The van der Waals surface area contributed by atoms with Gasteiger partial charge in [-0.1, -0.05) is 32.0 Å². The SMILES string of the molecule is Cc1nc2cc(C(=O)OCC(=O)N3C[C@H](C)C[C@@H](C)C3)ccc2n1-c1ccccc1. The summed E-state index contributed by atoms with van der Waals surface area (Å²) in [5.74, 6) is 1.14. The summed E-state index contributed by atoms with van der Waals surface area (Å²) in [5.41, 5.74) is 3.05. The molecule has 1 aromatic heterocycles. The maximum Gasteiger partial charge on any atom is 0.338 e. The van der Waals surface area contributed by atoms with Gasteiger partial charge in [-0.15, -0.1) is 0 Å². The molecule has 2 heterocycles. The van der Waals surface area contributed by atoms with Gasteiger partial charge in [0.05, 0.1) is 16.6 Å². The second-order valence-electron chi connectivity index (χ2n) is 8.35. The number of aryl methyl sites for hydroxylation is 1. The van der Waals surface area contributed by atoms with E-state index in [9.17, 15) is 9.59 Å². The summed E-state index contributed by atoms with van der Waals surface area (Å²) < 4.78 is 7.37. The van der Waals surface area contributed by atoms with E-state index in [-0.39, 0.29) is 12.5 Å². The van der Waals surface area contributed by atoms with E-state index in [4.69, 9.17) is 4.74 Å². The third kappa shape index (κ3) is 4.08. The molecule has 156 valence electrons. The number of para-hydroxylation sites is 1. The summed E-state index contributed by atoms with van der Waals surface area (Å²) in [7, 11) is 0. The van der Waals surface area contributed by atoms with Crippen molar-refractivity contribution >= 4 is 22.9 Å². The number of piperidine rings is 1. The Morgan fingerprint density at radius 3 is 2.47 bits per heavy atom. The van der Waals surface area contributed by atoms with E-state index in [1.54, 1.807) is 17.0 Å². The highest BCUT2D eigenvalue weighted by atomic mass is 16.5. The second kappa shape index (κ2) is 8.30. The zero-order valence-electron chi connectivity index (χ0n) is 17.7. The third-order valence-electron chi connectivity index (χ3n) is 5.62. The number of rotatable bonds is 4. The fourth-order valence-corrected chi connectivity index (χ4v) is 4.40. The van der Waals surface area contributed by atoms with Crippen LogP contribution in [0.25, 0.3) is 16.7 Å². The van der Waals surface area contributed by atoms with Gasteiger partial charge in [-0.3, -0.25) is 9.36 Å². The van der Waals surface area contributed by atoms with E-state index in [0.29, 0.717) is 17.4 Å². The number of amides is 1. The molecule has 4 rings (SSSR count). The summed E-state index contributed by atoms with van der Waals surface area (Å²) in [6.45, 7) is 7.45. The first kappa shape index (κ1) is 20.1. The Labute approximate surface area is 176 Å². The van der Waals surface area contributed by atoms with Gasteiger partial charge >= 0.3 is 5.97 Å². The highest BCUT2D eigenvalue weighted by molar-refractivity contribution is 5.95. The van der Waals surface area contributed by atoms with E-state index in [1.807, 2.05) is 47.9 Å². The number of nitrogens with zero attached hydrogens (tertiary/aromatic N) is 3. The Balaban J connectivity index is 1.47. The molecule has 0 radical (unpaired) electrons. The van der Waals surface area contributed by atoms with Crippen LogP contribution in [-0.2, 0) is 9.53 Å². The Morgan fingerprint density at radius 1 is 1.07 bits per heavy atom. The Bertz CT molecular complexity index is 1060. The summed E-state index contributed by atoms with van der Waals surface area (Å²) in [4.78, 5) is 31.4. The lowest BCUT2D eigenvalue weighted by Gasteiger charge is -2.34. The lowest BCUT2D eigenvalue weighted by Crippen LogP contribution is -2.44. The molecule has 1 fully saturated rings. The molecule has 1 saturated heterocycles. The van der Waals surface area contributed by atoms with Crippen LogP contribution in [0.2, 0.25) is 0 Å². The fraction of sp³-hybridized carbons (Fsp3) is 0.375. The Kier molecular flexibility index (Phi) is 5.57. The van der Waals surface area contributed by atoms with Gasteiger partial charge in [0, 0.05) is 18.8 Å². The predicted octanol–water partition coefficient (Wildman–Crippen LogP) is 4.00. The highest BCUT2D eigenvalue weighted by Crippen LogP contribution is 2.23. The standard InChI is InChI=1S/C24H27N3O3/c1-16-11-17(2)14-26(13-16)23(28)15-30-24(29)19-9-10-22-21(12-19)25-18(3)27(22)20-7-5-4-6-8-20/h4-10,12,16-17H,11,13-15H2,1-3H3/t16-,17-/m1/s1. The summed E-state index contributed by atoms with van der Waals surface area (Å²) in [6, 6.07) is 15.3. The minimum Gasteiger partial charge on any atom is -0.452 e. The number of ether oxygens (including phenoxy) is 1. The number of hydrogen-bond acceptors (Lipinski definition) is 4. The van der Waals surface area contributed by atoms with Gasteiger partial charge in [0.25, 0.3) is 5.91 Å². The minimum absolute atomic E-state index is 0.132. The summed E-state index contributed by atoms with van der Waals surface area (Å²) in [5, 5.41) is 0. The fourth-order valence-electron chi connectivity index (χ4n) is 4.40. The number of esters is 1. The van der Waals surface area contributed by atoms with Crippen LogP contribution in [-0.4, -0.2) is 46.0 Å². The largest absolute Gasteiger partial charge is 0.452 e. The van der Waals surface area contributed by atoms with Crippen LogP contribution in [0, 0.1) is 18.8 Å². The van der Waals surface area contributed by atoms with Crippen molar-refractivity contribution in [1.29, 1.82) is 0 Å². The van der Waals surface area contributed by atoms with Crippen LogP contribution in [0.5, 0.6) is 0 Å². The van der Waals surface area contributed by atoms with Gasteiger partial charge < -0.3 is 9.64 Å². The number of likely N-dealkylation sites (tertiary alicyclic amines) is 1.